The van der Waals surface area contributed by atoms with E-state index in [0.29, 0.717) is 6.04 Å². The first kappa shape index (κ1) is 12.3. The van der Waals surface area contributed by atoms with Crippen molar-refractivity contribution in [1.29, 1.82) is 0 Å². The van der Waals surface area contributed by atoms with Crippen LogP contribution in [0.4, 0.5) is 0 Å². The molecule has 2 N–H and O–H groups in total. The van der Waals surface area contributed by atoms with Crippen molar-refractivity contribution < 1.29 is 0 Å². The van der Waals surface area contributed by atoms with Crippen molar-refractivity contribution in [2.24, 2.45) is 23.5 Å². The van der Waals surface area contributed by atoms with E-state index in [4.69, 9.17) is 5.73 Å². The molecule has 0 spiro atoms. The van der Waals surface area contributed by atoms with Crippen LogP contribution in [0.1, 0.15) is 31.2 Å². The van der Waals surface area contributed by atoms with Gasteiger partial charge in [0.15, 0.2) is 0 Å². The fourth-order valence-electron chi connectivity index (χ4n) is 4.56. The molecule has 2 saturated carbocycles. The number of rotatable bonds is 3. The summed E-state index contributed by atoms with van der Waals surface area (Å²) in [5, 5.41) is 1.27. The molecule has 4 atom stereocenters. The fourth-order valence-corrected chi connectivity index (χ4v) is 4.56. The average molecular weight is 266 g/mol. The van der Waals surface area contributed by atoms with Crippen LogP contribution in [0.2, 0.25) is 0 Å². The highest BCUT2D eigenvalue weighted by atomic mass is 14.7. The lowest BCUT2D eigenvalue weighted by atomic mass is 9.81. The summed E-state index contributed by atoms with van der Waals surface area (Å²) in [4.78, 5) is 4.44. The number of fused-ring (bicyclic) bond motifs is 3. The minimum Gasteiger partial charge on any atom is -0.327 e. The molecule has 1 heterocycles. The third-order valence-corrected chi connectivity index (χ3v) is 5.54. The number of aromatic nitrogens is 1. The van der Waals surface area contributed by atoms with E-state index in [0.717, 1.165) is 29.7 Å². The molecule has 20 heavy (non-hydrogen) atoms. The molecule has 4 unspecified atom stereocenters. The smallest absolute Gasteiger partial charge is 0.0704 e. The van der Waals surface area contributed by atoms with Crippen LogP contribution in [0.3, 0.4) is 0 Å². The van der Waals surface area contributed by atoms with Gasteiger partial charge in [-0.1, -0.05) is 24.6 Å². The summed E-state index contributed by atoms with van der Waals surface area (Å²) in [5.74, 6) is 2.63. The van der Waals surface area contributed by atoms with Gasteiger partial charge in [0, 0.05) is 17.6 Å². The molecule has 2 aromatic rings. The van der Waals surface area contributed by atoms with Gasteiger partial charge in [0.2, 0.25) is 0 Å². The first-order valence-corrected chi connectivity index (χ1v) is 7.89. The number of para-hydroxylation sites is 1. The van der Waals surface area contributed by atoms with Crippen LogP contribution < -0.4 is 5.73 Å². The van der Waals surface area contributed by atoms with Crippen molar-refractivity contribution in [2.75, 3.05) is 0 Å². The average Bonchev–Trinajstić information content (AvgIpc) is 3.10. The van der Waals surface area contributed by atoms with Crippen LogP contribution in [0.5, 0.6) is 0 Å². The Hall–Kier alpha value is -1.41. The van der Waals surface area contributed by atoms with Crippen molar-refractivity contribution in [3.05, 3.63) is 42.1 Å². The molecule has 2 aliphatic carbocycles. The lowest BCUT2D eigenvalue weighted by Gasteiger charge is -2.28. The zero-order valence-electron chi connectivity index (χ0n) is 11.8. The molecule has 2 fully saturated rings. The van der Waals surface area contributed by atoms with Crippen molar-refractivity contribution in [3.63, 3.8) is 0 Å². The van der Waals surface area contributed by atoms with E-state index >= 15 is 0 Å². The Labute approximate surface area is 120 Å². The van der Waals surface area contributed by atoms with Gasteiger partial charge in [0.25, 0.3) is 0 Å². The van der Waals surface area contributed by atoms with Crippen molar-refractivity contribution >= 4 is 10.9 Å². The van der Waals surface area contributed by atoms with E-state index in [-0.39, 0.29) is 0 Å². The van der Waals surface area contributed by atoms with Gasteiger partial charge in [-0.15, -0.1) is 0 Å². The Morgan fingerprint density at radius 3 is 2.85 bits per heavy atom. The molecule has 0 saturated heterocycles. The second-order valence-corrected chi connectivity index (χ2v) is 6.69. The monoisotopic (exact) mass is 266 g/mol. The second-order valence-electron chi connectivity index (χ2n) is 6.69. The SMILES string of the molecule is NC(Cc1ccnc2ccccc12)C1CC2CCC1C2. The number of nitrogens with zero attached hydrogens (tertiary/aromatic N) is 1. The molecular formula is C18H22N2. The Morgan fingerprint density at radius 2 is 2.05 bits per heavy atom. The van der Waals surface area contributed by atoms with E-state index in [1.54, 1.807) is 0 Å². The zero-order chi connectivity index (χ0) is 13.5. The van der Waals surface area contributed by atoms with Gasteiger partial charge < -0.3 is 5.73 Å². The maximum atomic E-state index is 6.57. The second kappa shape index (κ2) is 4.85. The molecule has 1 aromatic heterocycles. The standard InChI is InChI=1S/C18H22N2/c19-17(16-10-12-5-6-13(16)9-12)11-14-7-8-20-18-4-2-1-3-15(14)18/h1-4,7-8,12-13,16-17H,5-6,9-11,19H2. The number of pyridine rings is 1. The summed E-state index contributed by atoms with van der Waals surface area (Å²) in [6, 6.07) is 10.9. The van der Waals surface area contributed by atoms with Gasteiger partial charge in [0.05, 0.1) is 5.52 Å². The van der Waals surface area contributed by atoms with E-state index < -0.39 is 0 Å². The van der Waals surface area contributed by atoms with Crippen LogP contribution in [0.15, 0.2) is 36.5 Å². The highest BCUT2D eigenvalue weighted by Crippen LogP contribution is 2.49. The quantitative estimate of drug-likeness (QED) is 0.923. The van der Waals surface area contributed by atoms with Crippen LogP contribution in [-0.2, 0) is 6.42 Å². The van der Waals surface area contributed by atoms with E-state index in [1.807, 2.05) is 6.20 Å². The molecule has 2 aliphatic rings. The Bertz CT molecular complexity index is 616. The first-order chi connectivity index (χ1) is 9.81. The molecule has 2 bridgehead atoms. The third-order valence-electron chi connectivity index (χ3n) is 5.54. The highest BCUT2D eigenvalue weighted by Gasteiger charge is 2.41. The van der Waals surface area contributed by atoms with Gasteiger partial charge in [-0.3, -0.25) is 4.98 Å². The highest BCUT2D eigenvalue weighted by molar-refractivity contribution is 5.81. The number of hydrogen-bond donors (Lipinski definition) is 1. The van der Waals surface area contributed by atoms with E-state index in [1.165, 1.54) is 36.6 Å². The van der Waals surface area contributed by atoms with E-state index in [2.05, 4.69) is 35.3 Å². The molecule has 0 radical (unpaired) electrons. The van der Waals surface area contributed by atoms with E-state index in [9.17, 15) is 0 Å². The van der Waals surface area contributed by atoms with Gasteiger partial charge in [-0.05, 0) is 61.1 Å². The summed E-state index contributed by atoms with van der Waals surface area (Å²) in [7, 11) is 0. The Balaban J connectivity index is 1.58. The van der Waals surface area contributed by atoms with Gasteiger partial charge in [-0.25, -0.2) is 0 Å². The molecule has 2 nitrogen and oxygen atoms in total. The molecule has 0 amide bonds. The number of nitrogens with two attached hydrogens (primary N) is 1. The minimum atomic E-state index is 0.316. The van der Waals surface area contributed by atoms with Crippen LogP contribution in [-0.4, -0.2) is 11.0 Å². The van der Waals surface area contributed by atoms with Gasteiger partial charge in [-0.2, -0.15) is 0 Å². The summed E-state index contributed by atoms with van der Waals surface area (Å²) in [6.07, 6.45) is 8.60. The molecular weight excluding hydrogens is 244 g/mol. The summed E-state index contributed by atoms with van der Waals surface area (Å²) < 4.78 is 0. The predicted molar refractivity (Wildman–Crippen MR) is 82.4 cm³/mol. The molecule has 104 valence electrons. The maximum Gasteiger partial charge on any atom is 0.0704 e. The maximum absolute atomic E-state index is 6.57. The third kappa shape index (κ3) is 2.03. The fraction of sp³-hybridized carbons (Fsp3) is 0.500. The van der Waals surface area contributed by atoms with Crippen molar-refractivity contribution in [1.82, 2.24) is 4.98 Å². The lowest BCUT2D eigenvalue weighted by Crippen LogP contribution is -2.35. The Morgan fingerprint density at radius 1 is 1.15 bits per heavy atom. The first-order valence-electron chi connectivity index (χ1n) is 7.89. The molecule has 4 rings (SSSR count). The number of benzene rings is 1. The molecule has 1 aromatic carbocycles. The molecule has 0 aliphatic heterocycles. The normalized spacial score (nSPS) is 29.9. The van der Waals surface area contributed by atoms with Gasteiger partial charge in [0.1, 0.15) is 0 Å². The summed E-state index contributed by atoms with van der Waals surface area (Å²) >= 11 is 0. The van der Waals surface area contributed by atoms with Crippen LogP contribution in [0.25, 0.3) is 10.9 Å². The van der Waals surface area contributed by atoms with Crippen LogP contribution >= 0.6 is 0 Å². The summed E-state index contributed by atoms with van der Waals surface area (Å²) in [5.41, 5.74) is 9.02. The molecule has 2 heteroatoms. The Kier molecular flexibility index (Phi) is 2.99. The van der Waals surface area contributed by atoms with Gasteiger partial charge >= 0.3 is 0 Å². The van der Waals surface area contributed by atoms with Crippen LogP contribution in [0, 0.1) is 17.8 Å². The lowest BCUT2D eigenvalue weighted by molar-refractivity contribution is 0.280. The van der Waals surface area contributed by atoms with Crippen molar-refractivity contribution in [2.45, 2.75) is 38.1 Å². The predicted octanol–water partition coefficient (Wildman–Crippen LogP) is 3.54. The summed E-state index contributed by atoms with van der Waals surface area (Å²) in [6.45, 7) is 0. The zero-order valence-corrected chi connectivity index (χ0v) is 11.8. The van der Waals surface area contributed by atoms with Crippen molar-refractivity contribution in [3.8, 4) is 0 Å². The minimum absolute atomic E-state index is 0.316. The largest absolute Gasteiger partial charge is 0.327 e. The number of hydrogen-bond acceptors (Lipinski definition) is 2. The topological polar surface area (TPSA) is 38.9 Å².